The van der Waals surface area contributed by atoms with Crippen LogP contribution in [0, 0.1) is 5.92 Å². The van der Waals surface area contributed by atoms with Crippen molar-refractivity contribution in [1.82, 2.24) is 9.80 Å². The van der Waals surface area contributed by atoms with E-state index in [1.807, 2.05) is 0 Å². The van der Waals surface area contributed by atoms with Gasteiger partial charge >= 0.3 is 0 Å². The van der Waals surface area contributed by atoms with Crippen LogP contribution < -0.4 is 0 Å². The Labute approximate surface area is 110 Å². The Morgan fingerprint density at radius 3 is 3.00 bits per heavy atom. The summed E-state index contributed by atoms with van der Waals surface area (Å²) in [5.41, 5.74) is 0. The molecule has 2 heterocycles. The Morgan fingerprint density at radius 2 is 2.28 bits per heavy atom. The number of likely N-dealkylation sites (N-methyl/N-ethyl adjacent to an activating group) is 2. The molecule has 0 saturated carbocycles. The topological polar surface area (TPSA) is 32.8 Å². The number of ether oxygens (including phenoxy) is 1. The van der Waals surface area contributed by atoms with Gasteiger partial charge in [-0.3, -0.25) is 9.69 Å². The number of rotatable bonds is 5. The van der Waals surface area contributed by atoms with Gasteiger partial charge in [0.25, 0.3) is 0 Å². The van der Waals surface area contributed by atoms with Crippen LogP contribution in [0.25, 0.3) is 0 Å². The smallest absolute Gasteiger partial charge is 0.141 e. The zero-order valence-corrected chi connectivity index (χ0v) is 11.7. The molecule has 4 nitrogen and oxygen atoms in total. The lowest BCUT2D eigenvalue weighted by Crippen LogP contribution is -2.43. The van der Waals surface area contributed by atoms with Gasteiger partial charge in [-0.1, -0.05) is 6.92 Å². The lowest BCUT2D eigenvalue weighted by atomic mass is 10.00. The van der Waals surface area contributed by atoms with Gasteiger partial charge < -0.3 is 9.64 Å². The molecule has 0 amide bonds. The number of hydrogen-bond donors (Lipinski definition) is 0. The lowest BCUT2D eigenvalue weighted by Gasteiger charge is -2.30. The zero-order valence-electron chi connectivity index (χ0n) is 11.7. The Kier molecular flexibility index (Phi) is 5.15. The second-order valence-electron chi connectivity index (χ2n) is 5.63. The lowest BCUT2D eigenvalue weighted by molar-refractivity contribution is -0.131. The summed E-state index contributed by atoms with van der Waals surface area (Å²) in [6.07, 6.45) is 3.22. The van der Waals surface area contributed by atoms with E-state index >= 15 is 0 Å². The number of hydrogen-bond acceptors (Lipinski definition) is 4. The monoisotopic (exact) mass is 254 g/mol. The molecule has 0 aliphatic carbocycles. The van der Waals surface area contributed by atoms with Crippen LogP contribution >= 0.6 is 0 Å². The van der Waals surface area contributed by atoms with Crippen molar-refractivity contribution >= 4 is 5.78 Å². The number of likely N-dealkylation sites (tertiary alicyclic amines) is 1. The molecule has 2 fully saturated rings. The first-order valence-corrected chi connectivity index (χ1v) is 7.23. The van der Waals surface area contributed by atoms with Crippen molar-refractivity contribution in [2.75, 3.05) is 46.4 Å². The predicted molar refractivity (Wildman–Crippen MR) is 71.7 cm³/mol. The van der Waals surface area contributed by atoms with E-state index in [1.54, 1.807) is 0 Å². The summed E-state index contributed by atoms with van der Waals surface area (Å²) in [6.45, 7) is 7.78. The van der Waals surface area contributed by atoms with Crippen molar-refractivity contribution in [3.63, 3.8) is 0 Å². The van der Waals surface area contributed by atoms with Gasteiger partial charge in [0.15, 0.2) is 0 Å². The van der Waals surface area contributed by atoms with Crippen molar-refractivity contribution in [3.05, 3.63) is 0 Å². The number of ketones is 1. The highest BCUT2D eigenvalue weighted by molar-refractivity contribution is 5.82. The summed E-state index contributed by atoms with van der Waals surface area (Å²) in [7, 11) is 2.13. The molecule has 0 bridgehead atoms. The highest BCUT2D eigenvalue weighted by atomic mass is 16.5. The van der Waals surface area contributed by atoms with Gasteiger partial charge in [0.1, 0.15) is 5.78 Å². The number of nitrogens with zero attached hydrogens (tertiary/aromatic N) is 2. The molecule has 2 saturated heterocycles. The number of carbonyl (C=O) groups is 1. The summed E-state index contributed by atoms with van der Waals surface area (Å²) in [6, 6.07) is 0.680. The van der Waals surface area contributed by atoms with Gasteiger partial charge in [-0.25, -0.2) is 0 Å². The fourth-order valence-corrected chi connectivity index (χ4v) is 3.18. The summed E-state index contributed by atoms with van der Waals surface area (Å²) >= 11 is 0. The van der Waals surface area contributed by atoms with Gasteiger partial charge in [-0.15, -0.1) is 0 Å². The Bertz CT molecular complexity index is 283. The molecule has 104 valence electrons. The van der Waals surface area contributed by atoms with E-state index in [0.29, 0.717) is 31.5 Å². The van der Waals surface area contributed by atoms with Crippen LogP contribution in [0.1, 0.15) is 26.2 Å². The normalized spacial score (nSPS) is 30.3. The Morgan fingerprint density at radius 1 is 1.44 bits per heavy atom. The minimum atomic E-state index is 0.0974. The summed E-state index contributed by atoms with van der Waals surface area (Å²) in [5, 5.41) is 0. The molecule has 2 aliphatic heterocycles. The van der Waals surface area contributed by atoms with Gasteiger partial charge in [-0.05, 0) is 33.0 Å². The maximum atomic E-state index is 11.8. The molecule has 0 spiro atoms. The van der Waals surface area contributed by atoms with Crippen LogP contribution in [0.2, 0.25) is 0 Å². The van der Waals surface area contributed by atoms with E-state index < -0.39 is 0 Å². The summed E-state index contributed by atoms with van der Waals surface area (Å²) < 4.78 is 5.41. The molecule has 2 aliphatic rings. The van der Waals surface area contributed by atoms with Crippen molar-refractivity contribution in [1.29, 1.82) is 0 Å². The highest BCUT2D eigenvalue weighted by Crippen LogP contribution is 2.18. The van der Waals surface area contributed by atoms with Gasteiger partial charge in [-0.2, -0.15) is 0 Å². The molecule has 0 aromatic carbocycles. The maximum Gasteiger partial charge on any atom is 0.141 e. The molecule has 4 heteroatoms. The second kappa shape index (κ2) is 6.64. The fourth-order valence-electron chi connectivity index (χ4n) is 3.18. The first kappa shape index (κ1) is 14.0. The van der Waals surface area contributed by atoms with E-state index in [4.69, 9.17) is 4.74 Å². The predicted octanol–water partition coefficient (Wildman–Crippen LogP) is 1.01. The van der Waals surface area contributed by atoms with Crippen LogP contribution in [0.15, 0.2) is 0 Å². The standard InChI is InChI=1S/C14H26N2O2/c1-3-16-7-4-5-13(16)10-15(2)9-12-11-18-8-6-14(12)17/h12-13H,3-11H2,1-2H3. The second-order valence-corrected chi connectivity index (χ2v) is 5.63. The largest absolute Gasteiger partial charge is 0.380 e. The molecule has 2 unspecified atom stereocenters. The molecule has 2 rings (SSSR count). The summed E-state index contributed by atoms with van der Waals surface area (Å²) in [4.78, 5) is 16.6. The van der Waals surface area contributed by atoms with Crippen molar-refractivity contribution < 1.29 is 9.53 Å². The van der Waals surface area contributed by atoms with Crippen molar-refractivity contribution in [2.45, 2.75) is 32.2 Å². The van der Waals surface area contributed by atoms with Crippen LogP contribution in [-0.2, 0) is 9.53 Å². The van der Waals surface area contributed by atoms with E-state index in [0.717, 1.165) is 19.6 Å². The Balaban J connectivity index is 1.77. The first-order valence-electron chi connectivity index (χ1n) is 7.23. The molecule has 0 aromatic rings. The third-order valence-electron chi connectivity index (χ3n) is 4.23. The van der Waals surface area contributed by atoms with Crippen molar-refractivity contribution in [3.8, 4) is 0 Å². The highest BCUT2D eigenvalue weighted by Gasteiger charge is 2.27. The molecular weight excluding hydrogens is 228 g/mol. The third-order valence-corrected chi connectivity index (χ3v) is 4.23. The maximum absolute atomic E-state index is 11.8. The minimum absolute atomic E-state index is 0.0974. The van der Waals surface area contributed by atoms with E-state index in [-0.39, 0.29) is 5.92 Å². The molecule has 0 radical (unpaired) electrons. The molecule has 0 aromatic heterocycles. The molecule has 2 atom stereocenters. The molecule has 18 heavy (non-hydrogen) atoms. The minimum Gasteiger partial charge on any atom is -0.380 e. The average Bonchev–Trinajstić information content (AvgIpc) is 2.79. The average molecular weight is 254 g/mol. The van der Waals surface area contributed by atoms with Crippen LogP contribution in [0.5, 0.6) is 0 Å². The fraction of sp³-hybridized carbons (Fsp3) is 0.929. The summed E-state index contributed by atoms with van der Waals surface area (Å²) in [5.74, 6) is 0.479. The zero-order chi connectivity index (χ0) is 13.0. The van der Waals surface area contributed by atoms with Crippen LogP contribution in [0.4, 0.5) is 0 Å². The third kappa shape index (κ3) is 3.53. The quantitative estimate of drug-likeness (QED) is 0.733. The van der Waals surface area contributed by atoms with Crippen LogP contribution in [0.3, 0.4) is 0 Å². The number of Topliss-reactive ketones (excluding diaryl/α,β-unsaturated/α-hetero) is 1. The molecular formula is C14H26N2O2. The van der Waals surface area contributed by atoms with Crippen LogP contribution in [-0.4, -0.2) is 68.1 Å². The SMILES string of the molecule is CCN1CCCC1CN(C)CC1COCCC1=O. The van der Waals surface area contributed by atoms with Gasteiger partial charge in [0, 0.05) is 25.6 Å². The van der Waals surface area contributed by atoms with E-state index in [2.05, 4.69) is 23.8 Å². The van der Waals surface area contributed by atoms with Gasteiger partial charge in [0.2, 0.25) is 0 Å². The first-order chi connectivity index (χ1) is 8.70. The van der Waals surface area contributed by atoms with Gasteiger partial charge in [0.05, 0.1) is 19.1 Å². The van der Waals surface area contributed by atoms with E-state index in [9.17, 15) is 4.79 Å². The van der Waals surface area contributed by atoms with Crippen molar-refractivity contribution in [2.24, 2.45) is 5.92 Å². The number of carbonyl (C=O) groups excluding carboxylic acids is 1. The molecule has 0 N–H and O–H groups in total. The van der Waals surface area contributed by atoms with E-state index in [1.165, 1.54) is 19.4 Å². The Hall–Kier alpha value is -0.450.